The van der Waals surface area contributed by atoms with E-state index in [-0.39, 0.29) is 0 Å². The third kappa shape index (κ3) is 5.63. The van der Waals surface area contributed by atoms with Crippen LogP contribution in [0.2, 0.25) is 0 Å². The van der Waals surface area contributed by atoms with Crippen molar-refractivity contribution >= 4 is 34.2 Å². The Kier molecular flexibility index (Phi) is 8.14. The van der Waals surface area contributed by atoms with Gasteiger partial charge in [0.15, 0.2) is 0 Å². The molecule has 0 aliphatic carbocycles. The summed E-state index contributed by atoms with van der Waals surface area (Å²) < 4.78 is 12.2. The lowest BCUT2D eigenvalue weighted by Gasteiger charge is -2.27. The van der Waals surface area contributed by atoms with Crippen molar-refractivity contribution in [2.75, 3.05) is 7.11 Å². The number of nitrogens with zero attached hydrogens (tertiary/aromatic N) is 2. The van der Waals surface area contributed by atoms with Crippen LogP contribution in [0.3, 0.4) is 0 Å². The molecule has 2 aliphatic rings. The molecule has 4 aromatic carbocycles. The predicted molar refractivity (Wildman–Crippen MR) is 207 cm³/mol. The molecule has 7 nitrogen and oxygen atoms in total. The third-order valence-electron chi connectivity index (χ3n) is 9.53. The third-order valence-corrected chi connectivity index (χ3v) is 9.53. The van der Waals surface area contributed by atoms with E-state index in [1.54, 1.807) is 7.11 Å². The van der Waals surface area contributed by atoms with Crippen molar-refractivity contribution < 1.29 is 14.6 Å². The van der Waals surface area contributed by atoms with E-state index in [2.05, 4.69) is 64.6 Å². The number of fused-ring (bicyclic) bond motifs is 8. The molecule has 3 aromatic heterocycles. The minimum Gasteiger partial charge on any atom is -0.363 e. The number of hydrogen-bond acceptors (Lipinski definition) is 5. The summed E-state index contributed by atoms with van der Waals surface area (Å²) in [6.45, 7) is 0. The zero-order chi connectivity index (χ0) is 35.0. The van der Waals surface area contributed by atoms with E-state index in [9.17, 15) is 5.11 Å². The van der Waals surface area contributed by atoms with Crippen LogP contribution in [0.5, 0.6) is 0 Å². The fourth-order valence-corrected chi connectivity index (χ4v) is 7.20. The molecule has 2 aliphatic heterocycles. The van der Waals surface area contributed by atoms with Crippen molar-refractivity contribution in [1.29, 1.82) is 0 Å². The van der Waals surface area contributed by atoms with E-state index in [0.717, 1.165) is 72.4 Å². The quantitative estimate of drug-likeness (QED) is 0.168. The molecule has 0 saturated carbocycles. The summed E-state index contributed by atoms with van der Waals surface area (Å²) in [7, 11) is 1.56. The number of H-pyrrole nitrogens is 2. The number of nitrogens with one attached hydrogen (secondary N) is 2. The smallest absolute Gasteiger partial charge is 0.204 e. The molecule has 7 aromatic rings. The molecule has 8 bridgehead atoms. The molecule has 0 fully saturated rings. The van der Waals surface area contributed by atoms with E-state index in [0.29, 0.717) is 17.0 Å². The highest BCUT2D eigenvalue weighted by molar-refractivity contribution is 5.97. The van der Waals surface area contributed by atoms with Gasteiger partial charge in [-0.15, -0.1) is 0 Å². The number of aromatic nitrogens is 4. The van der Waals surface area contributed by atoms with Crippen LogP contribution in [0.25, 0.3) is 78.7 Å². The minimum atomic E-state index is -1.37. The van der Waals surface area contributed by atoms with Crippen LogP contribution in [0, 0.1) is 0 Å². The number of rotatable bonds is 5. The molecule has 0 unspecified atom stereocenters. The van der Waals surface area contributed by atoms with Crippen LogP contribution in [-0.2, 0) is 9.47 Å². The largest absolute Gasteiger partial charge is 0.363 e. The van der Waals surface area contributed by atoms with Crippen LogP contribution in [0.1, 0.15) is 35.4 Å². The lowest BCUT2D eigenvalue weighted by atomic mass is 10.0. The molecule has 3 N–H and O–H groups in total. The second kappa shape index (κ2) is 13.4. The standard InChI is InChI=1S/C45H34N4O3/c1-51-45-43-41(31-20-12-5-13-21-31)37-27-25-35(48-37)39(29-16-8-3-9-17-29)33-23-22-32(46-33)38(28-14-6-2-7-15-28)34-24-26-36(47-34)40(30-18-10-4-11-19-30)42(49-43)44(50)52-45/h2-27,44-45,47-48,50H,1H3/t44-,45-/m0/s1. The maximum atomic E-state index is 11.7. The van der Waals surface area contributed by atoms with Gasteiger partial charge in [0.2, 0.25) is 12.6 Å². The molecule has 252 valence electrons. The van der Waals surface area contributed by atoms with Crippen molar-refractivity contribution in [3.05, 3.63) is 168 Å². The van der Waals surface area contributed by atoms with Crippen LogP contribution >= 0.6 is 0 Å². The lowest BCUT2D eigenvalue weighted by Crippen LogP contribution is -2.21. The Hall–Kier alpha value is -6.38. The van der Waals surface area contributed by atoms with Gasteiger partial charge in [-0.1, -0.05) is 121 Å². The van der Waals surface area contributed by atoms with Gasteiger partial charge in [-0.05, 0) is 58.7 Å². The van der Waals surface area contributed by atoms with Gasteiger partial charge in [-0.3, -0.25) is 0 Å². The van der Waals surface area contributed by atoms with Gasteiger partial charge >= 0.3 is 0 Å². The van der Waals surface area contributed by atoms with Crippen molar-refractivity contribution in [2.45, 2.75) is 12.6 Å². The van der Waals surface area contributed by atoms with Gasteiger partial charge in [-0.2, -0.15) is 0 Å². The summed E-state index contributed by atoms with van der Waals surface area (Å²) in [4.78, 5) is 18.1. The summed E-state index contributed by atoms with van der Waals surface area (Å²) in [5, 5.41) is 11.7. The zero-order valence-corrected chi connectivity index (χ0v) is 28.3. The van der Waals surface area contributed by atoms with Gasteiger partial charge in [0.1, 0.15) is 11.4 Å². The van der Waals surface area contributed by atoms with Crippen LogP contribution in [-0.4, -0.2) is 32.2 Å². The Morgan fingerprint density at radius 1 is 0.481 bits per heavy atom. The molecular formula is C45H34N4O3. The van der Waals surface area contributed by atoms with Crippen LogP contribution in [0.15, 0.2) is 146 Å². The zero-order valence-electron chi connectivity index (χ0n) is 28.3. The molecule has 5 heterocycles. The topological polar surface area (TPSA) is 96.1 Å². The molecule has 0 saturated heterocycles. The van der Waals surface area contributed by atoms with Gasteiger partial charge in [-0.25, -0.2) is 9.97 Å². The first kappa shape index (κ1) is 31.6. The highest BCUT2D eigenvalue weighted by atomic mass is 16.7. The number of aliphatic hydroxyl groups is 1. The Morgan fingerprint density at radius 2 is 0.846 bits per heavy atom. The number of benzene rings is 4. The van der Waals surface area contributed by atoms with Gasteiger partial charge < -0.3 is 24.5 Å². The monoisotopic (exact) mass is 678 g/mol. The molecule has 7 heteroatoms. The molecule has 0 radical (unpaired) electrons. The maximum absolute atomic E-state index is 11.7. The predicted octanol–water partition coefficient (Wildman–Crippen LogP) is 10.5. The second-order valence-electron chi connectivity index (χ2n) is 12.7. The Labute approximate surface area is 300 Å². The molecular weight excluding hydrogens is 645 g/mol. The molecule has 0 spiro atoms. The van der Waals surface area contributed by atoms with Crippen molar-refractivity contribution in [2.24, 2.45) is 0 Å². The summed E-state index contributed by atoms with van der Waals surface area (Å²) in [5.41, 5.74) is 13.1. The van der Waals surface area contributed by atoms with Crippen LogP contribution < -0.4 is 0 Å². The number of ether oxygens (including phenoxy) is 2. The number of methoxy groups -OCH3 is 1. The first-order chi connectivity index (χ1) is 25.7. The minimum absolute atomic E-state index is 0.363. The average Bonchev–Trinajstić information content (AvgIpc) is 3.98. The first-order valence-electron chi connectivity index (χ1n) is 17.2. The molecule has 0 amide bonds. The Morgan fingerprint density at radius 3 is 1.25 bits per heavy atom. The fourth-order valence-electron chi connectivity index (χ4n) is 7.20. The molecule has 2 atom stereocenters. The van der Waals surface area contributed by atoms with E-state index in [1.807, 2.05) is 103 Å². The van der Waals surface area contributed by atoms with Crippen LogP contribution in [0.4, 0.5) is 0 Å². The van der Waals surface area contributed by atoms with E-state index in [1.165, 1.54) is 0 Å². The summed E-state index contributed by atoms with van der Waals surface area (Å²) in [5.74, 6) is 0. The number of aliphatic hydroxyl groups excluding tert-OH is 1. The van der Waals surface area contributed by atoms with Crippen molar-refractivity contribution in [3.63, 3.8) is 0 Å². The SMILES string of the molecule is CO[C@H]1O[C@H](O)c2nc1c(-c1ccccc1)c1ccc([nH]1)c(-c1ccccc1)c1nc(c(-c3ccccc3)c3ccc([nH]3)c2-c2ccccc2)C=C1. The number of hydrogen-bond donors (Lipinski definition) is 3. The Balaban J connectivity index is 1.52. The van der Waals surface area contributed by atoms with E-state index >= 15 is 0 Å². The molecule has 52 heavy (non-hydrogen) atoms. The van der Waals surface area contributed by atoms with E-state index < -0.39 is 12.6 Å². The average molecular weight is 679 g/mol. The highest BCUT2D eigenvalue weighted by Crippen LogP contribution is 2.42. The highest BCUT2D eigenvalue weighted by Gasteiger charge is 2.31. The summed E-state index contributed by atoms with van der Waals surface area (Å²) in [6, 6.07) is 48.8. The number of aromatic amines is 2. The normalized spacial score (nSPS) is 15.4. The first-order valence-corrected chi connectivity index (χ1v) is 17.2. The van der Waals surface area contributed by atoms with E-state index in [4.69, 9.17) is 19.4 Å². The van der Waals surface area contributed by atoms with Gasteiger partial charge in [0, 0.05) is 51.4 Å². The van der Waals surface area contributed by atoms with Crippen molar-refractivity contribution in [1.82, 2.24) is 19.9 Å². The summed E-state index contributed by atoms with van der Waals surface area (Å²) >= 11 is 0. The van der Waals surface area contributed by atoms with Gasteiger partial charge in [0.25, 0.3) is 0 Å². The summed E-state index contributed by atoms with van der Waals surface area (Å²) in [6.07, 6.45) is 1.84. The van der Waals surface area contributed by atoms with Crippen molar-refractivity contribution in [3.8, 4) is 44.5 Å². The lowest BCUT2D eigenvalue weighted by molar-refractivity contribution is -0.237. The molecule has 9 rings (SSSR count). The Bertz CT molecular complexity index is 2600. The fraction of sp³-hybridized carbons (Fsp3) is 0.0667. The second-order valence-corrected chi connectivity index (χ2v) is 12.7. The maximum Gasteiger partial charge on any atom is 0.204 e. The van der Waals surface area contributed by atoms with Gasteiger partial charge in [0.05, 0.1) is 11.4 Å².